The van der Waals surface area contributed by atoms with Gasteiger partial charge in [0.25, 0.3) is 0 Å². The number of rotatable bonds is 4. The van der Waals surface area contributed by atoms with E-state index in [1.807, 2.05) is 24.5 Å². The quantitative estimate of drug-likeness (QED) is 0.911. The zero-order valence-electron chi connectivity index (χ0n) is 10.9. The predicted octanol–water partition coefficient (Wildman–Crippen LogP) is 2.74. The highest BCUT2D eigenvalue weighted by atomic mass is 16.5. The maximum Gasteiger partial charge on any atom is 0.124 e. The van der Waals surface area contributed by atoms with Gasteiger partial charge in [-0.15, -0.1) is 0 Å². The van der Waals surface area contributed by atoms with Gasteiger partial charge in [0.05, 0.1) is 6.61 Å². The van der Waals surface area contributed by atoms with E-state index in [9.17, 15) is 0 Å². The Morgan fingerprint density at radius 1 is 1.16 bits per heavy atom. The molecular formula is C16H18N2O. The number of nitrogens with zero attached hydrogens (tertiary/aromatic N) is 1. The summed E-state index contributed by atoms with van der Waals surface area (Å²) in [5.74, 6) is 1.02. The van der Waals surface area contributed by atoms with E-state index in [2.05, 4.69) is 34.6 Å². The van der Waals surface area contributed by atoms with E-state index in [0.717, 1.165) is 31.7 Å². The first kappa shape index (κ1) is 12.2. The molecule has 1 N–H and O–H groups in total. The van der Waals surface area contributed by atoms with Crippen LogP contribution in [-0.4, -0.2) is 18.1 Å². The van der Waals surface area contributed by atoms with Crippen molar-refractivity contribution in [3.05, 3.63) is 59.9 Å². The van der Waals surface area contributed by atoms with E-state index < -0.39 is 0 Å². The predicted molar refractivity (Wildman–Crippen MR) is 75.2 cm³/mol. The third-order valence-electron chi connectivity index (χ3n) is 3.51. The highest BCUT2D eigenvalue weighted by molar-refractivity contribution is 5.37. The van der Waals surface area contributed by atoms with Crippen molar-refractivity contribution in [3.8, 4) is 5.75 Å². The Morgan fingerprint density at radius 2 is 2.00 bits per heavy atom. The van der Waals surface area contributed by atoms with Crippen molar-refractivity contribution in [2.75, 3.05) is 13.2 Å². The number of aromatic nitrogens is 1. The van der Waals surface area contributed by atoms with Crippen LogP contribution in [0.2, 0.25) is 0 Å². The first-order chi connectivity index (χ1) is 9.43. The minimum atomic E-state index is 0.409. The number of fused-ring (bicyclic) bond motifs is 1. The van der Waals surface area contributed by atoms with Crippen LogP contribution >= 0.6 is 0 Å². The fourth-order valence-corrected chi connectivity index (χ4v) is 2.49. The van der Waals surface area contributed by atoms with Crippen molar-refractivity contribution in [2.24, 2.45) is 0 Å². The molecule has 98 valence electrons. The molecule has 1 unspecified atom stereocenters. The average Bonchev–Trinajstić information content (AvgIpc) is 2.49. The summed E-state index contributed by atoms with van der Waals surface area (Å²) in [6.45, 7) is 1.77. The summed E-state index contributed by atoms with van der Waals surface area (Å²) in [4.78, 5) is 4.04. The van der Waals surface area contributed by atoms with Gasteiger partial charge < -0.3 is 10.1 Å². The molecule has 2 aromatic rings. The molecule has 3 heteroatoms. The molecule has 19 heavy (non-hydrogen) atoms. The molecule has 0 amide bonds. The van der Waals surface area contributed by atoms with Gasteiger partial charge in [0.2, 0.25) is 0 Å². The molecule has 1 aromatic carbocycles. The summed E-state index contributed by atoms with van der Waals surface area (Å²) in [5, 5.41) is 3.63. The highest BCUT2D eigenvalue weighted by Gasteiger charge is 2.19. The van der Waals surface area contributed by atoms with Gasteiger partial charge in [0, 0.05) is 30.4 Å². The van der Waals surface area contributed by atoms with Gasteiger partial charge in [-0.25, -0.2) is 0 Å². The minimum absolute atomic E-state index is 0.409. The number of pyridine rings is 1. The molecule has 2 heterocycles. The van der Waals surface area contributed by atoms with Gasteiger partial charge in [-0.3, -0.25) is 4.98 Å². The molecule has 0 fully saturated rings. The summed E-state index contributed by atoms with van der Waals surface area (Å²) >= 11 is 0. The van der Waals surface area contributed by atoms with Gasteiger partial charge in [0.1, 0.15) is 5.75 Å². The number of hydrogen-bond donors (Lipinski definition) is 1. The lowest BCUT2D eigenvalue weighted by molar-refractivity contribution is 0.253. The first-order valence-electron chi connectivity index (χ1n) is 6.77. The molecule has 0 bridgehead atoms. The van der Waals surface area contributed by atoms with Crippen molar-refractivity contribution < 1.29 is 4.74 Å². The largest absolute Gasteiger partial charge is 0.493 e. The van der Waals surface area contributed by atoms with Crippen LogP contribution in [0.4, 0.5) is 0 Å². The van der Waals surface area contributed by atoms with Crippen LogP contribution in [0.15, 0.2) is 48.8 Å². The Labute approximate surface area is 113 Å². The van der Waals surface area contributed by atoms with E-state index in [4.69, 9.17) is 4.74 Å². The van der Waals surface area contributed by atoms with E-state index in [0.29, 0.717) is 6.04 Å². The van der Waals surface area contributed by atoms with Crippen molar-refractivity contribution >= 4 is 0 Å². The van der Waals surface area contributed by atoms with Gasteiger partial charge in [0.15, 0.2) is 0 Å². The number of para-hydroxylation sites is 1. The molecule has 3 rings (SSSR count). The van der Waals surface area contributed by atoms with E-state index in [-0.39, 0.29) is 0 Å². The monoisotopic (exact) mass is 254 g/mol. The Morgan fingerprint density at radius 3 is 2.89 bits per heavy atom. The zero-order chi connectivity index (χ0) is 12.9. The summed E-state index contributed by atoms with van der Waals surface area (Å²) in [5.41, 5.74) is 2.60. The lowest BCUT2D eigenvalue weighted by Gasteiger charge is -2.26. The van der Waals surface area contributed by atoms with E-state index in [1.54, 1.807) is 0 Å². The fraction of sp³-hybridized carbons (Fsp3) is 0.312. The molecule has 1 aliphatic rings. The van der Waals surface area contributed by atoms with Crippen LogP contribution in [0.3, 0.4) is 0 Å². The third-order valence-corrected chi connectivity index (χ3v) is 3.51. The van der Waals surface area contributed by atoms with Crippen molar-refractivity contribution in [1.29, 1.82) is 0 Å². The fourth-order valence-electron chi connectivity index (χ4n) is 2.49. The number of benzene rings is 1. The second-order valence-corrected chi connectivity index (χ2v) is 4.79. The zero-order valence-corrected chi connectivity index (χ0v) is 10.9. The molecular weight excluding hydrogens is 236 g/mol. The Kier molecular flexibility index (Phi) is 3.75. The van der Waals surface area contributed by atoms with E-state index >= 15 is 0 Å². The molecule has 0 radical (unpaired) electrons. The highest BCUT2D eigenvalue weighted by Crippen LogP contribution is 2.31. The van der Waals surface area contributed by atoms with Crippen LogP contribution in [0.25, 0.3) is 0 Å². The lowest BCUT2D eigenvalue weighted by atomic mass is 10.0. The van der Waals surface area contributed by atoms with Crippen LogP contribution in [-0.2, 0) is 6.42 Å². The van der Waals surface area contributed by atoms with Gasteiger partial charge in [-0.05, 0) is 36.7 Å². The molecule has 3 nitrogen and oxygen atoms in total. The second kappa shape index (κ2) is 5.85. The lowest BCUT2D eigenvalue weighted by Crippen LogP contribution is -2.28. The SMILES string of the molecule is c1ccc2c(c1)OCCC2NCCc1ccncc1. The van der Waals surface area contributed by atoms with Crippen molar-refractivity contribution in [3.63, 3.8) is 0 Å². The Hall–Kier alpha value is -1.87. The van der Waals surface area contributed by atoms with Crippen LogP contribution in [0, 0.1) is 0 Å². The molecule has 1 aromatic heterocycles. The standard InChI is InChI=1S/C16H18N2O/c1-2-4-16-14(3-1)15(8-12-19-16)18-11-7-13-5-9-17-10-6-13/h1-6,9-10,15,18H,7-8,11-12H2. The third kappa shape index (κ3) is 2.93. The van der Waals surface area contributed by atoms with Crippen molar-refractivity contribution in [2.45, 2.75) is 18.9 Å². The topological polar surface area (TPSA) is 34.1 Å². The maximum absolute atomic E-state index is 5.67. The smallest absolute Gasteiger partial charge is 0.124 e. The van der Waals surface area contributed by atoms with Crippen LogP contribution < -0.4 is 10.1 Å². The average molecular weight is 254 g/mol. The van der Waals surface area contributed by atoms with Crippen molar-refractivity contribution in [1.82, 2.24) is 10.3 Å². The Bertz CT molecular complexity index is 527. The molecule has 0 aliphatic carbocycles. The molecule has 1 atom stereocenters. The Balaban J connectivity index is 1.59. The number of hydrogen-bond acceptors (Lipinski definition) is 3. The maximum atomic E-state index is 5.67. The first-order valence-corrected chi connectivity index (χ1v) is 6.77. The second-order valence-electron chi connectivity index (χ2n) is 4.79. The van der Waals surface area contributed by atoms with Crippen LogP contribution in [0.1, 0.15) is 23.6 Å². The number of ether oxygens (including phenoxy) is 1. The summed E-state index contributed by atoms with van der Waals surface area (Å²) in [6.07, 6.45) is 5.76. The molecule has 0 saturated heterocycles. The number of nitrogens with one attached hydrogen (secondary N) is 1. The van der Waals surface area contributed by atoms with Gasteiger partial charge in [-0.2, -0.15) is 0 Å². The summed E-state index contributed by atoms with van der Waals surface area (Å²) < 4.78 is 5.67. The molecule has 0 saturated carbocycles. The van der Waals surface area contributed by atoms with Gasteiger partial charge in [-0.1, -0.05) is 18.2 Å². The summed E-state index contributed by atoms with van der Waals surface area (Å²) in [7, 11) is 0. The minimum Gasteiger partial charge on any atom is -0.493 e. The molecule has 1 aliphatic heterocycles. The van der Waals surface area contributed by atoms with Crippen LogP contribution in [0.5, 0.6) is 5.75 Å². The summed E-state index contributed by atoms with van der Waals surface area (Å²) in [6, 6.07) is 12.8. The van der Waals surface area contributed by atoms with E-state index in [1.165, 1.54) is 11.1 Å². The molecule has 0 spiro atoms. The van der Waals surface area contributed by atoms with Gasteiger partial charge >= 0.3 is 0 Å². The normalized spacial score (nSPS) is 17.6.